The van der Waals surface area contributed by atoms with Crippen LogP contribution in [-0.4, -0.2) is 12.2 Å². The van der Waals surface area contributed by atoms with Gasteiger partial charge in [-0.1, -0.05) is 23.4 Å². The summed E-state index contributed by atoms with van der Waals surface area (Å²) in [6, 6.07) is 12.5. The molecule has 1 aromatic heterocycles. The average Bonchev–Trinajstić information content (AvgIpc) is 2.76. The van der Waals surface area contributed by atoms with Crippen molar-refractivity contribution in [1.29, 1.82) is 0 Å². The molecule has 0 aliphatic heterocycles. The topological polar surface area (TPSA) is 38.7 Å². The van der Waals surface area contributed by atoms with E-state index in [9.17, 15) is 4.79 Å². The number of carbonyl (C=O) groups is 1. The van der Waals surface area contributed by atoms with Crippen molar-refractivity contribution >= 4 is 39.5 Å². The van der Waals surface area contributed by atoms with Crippen LogP contribution in [0.15, 0.2) is 51.4 Å². The summed E-state index contributed by atoms with van der Waals surface area (Å²) >= 11 is 4.85. The summed E-state index contributed by atoms with van der Waals surface area (Å²) in [7, 11) is 0. The number of carbonyl (C=O) groups excluding carboxylic acids is 1. The van der Waals surface area contributed by atoms with E-state index >= 15 is 0 Å². The molecule has 86 valence electrons. The molecule has 0 N–H and O–H groups in total. The van der Waals surface area contributed by atoms with Crippen molar-refractivity contribution < 1.29 is 9.63 Å². The molecule has 0 aliphatic carbocycles. The van der Waals surface area contributed by atoms with Gasteiger partial charge in [0.15, 0.2) is 0 Å². The molecule has 2 aromatic rings. The number of halogens is 1. The van der Waals surface area contributed by atoms with Crippen molar-refractivity contribution in [2.24, 2.45) is 5.16 Å². The lowest BCUT2D eigenvalue weighted by atomic mass is 10.2. The van der Waals surface area contributed by atoms with Crippen LogP contribution in [0.3, 0.4) is 0 Å². The van der Waals surface area contributed by atoms with Gasteiger partial charge in [-0.2, -0.15) is 0 Å². The Morgan fingerprint density at radius 3 is 2.65 bits per heavy atom. The van der Waals surface area contributed by atoms with E-state index in [2.05, 4.69) is 21.1 Å². The van der Waals surface area contributed by atoms with Crippen LogP contribution in [-0.2, 0) is 4.84 Å². The molecular weight excluding hydrogens is 302 g/mol. The van der Waals surface area contributed by atoms with Crippen molar-refractivity contribution in [2.45, 2.75) is 0 Å². The minimum atomic E-state index is -0.461. The third kappa shape index (κ3) is 3.51. The summed E-state index contributed by atoms with van der Waals surface area (Å²) in [6.45, 7) is 0. The molecule has 0 radical (unpaired) electrons. The van der Waals surface area contributed by atoms with Gasteiger partial charge in [-0.25, -0.2) is 4.79 Å². The fourth-order valence-electron chi connectivity index (χ4n) is 1.15. The van der Waals surface area contributed by atoms with E-state index in [1.54, 1.807) is 24.3 Å². The van der Waals surface area contributed by atoms with Crippen LogP contribution in [0.2, 0.25) is 0 Å². The second-order valence-corrected chi connectivity index (χ2v) is 5.62. The van der Waals surface area contributed by atoms with Gasteiger partial charge in [0.2, 0.25) is 0 Å². The maximum Gasteiger partial charge on any atom is 0.365 e. The maximum absolute atomic E-state index is 11.5. The molecule has 0 aliphatic rings. The number of thiophene rings is 1. The van der Waals surface area contributed by atoms with Gasteiger partial charge in [0.05, 0.1) is 15.6 Å². The van der Waals surface area contributed by atoms with Gasteiger partial charge >= 0.3 is 5.97 Å². The van der Waals surface area contributed by atoms with Crippen LogP contribution in [0.1, 0.15) is 15.2 Å². The molecule has 0 fully saturated rings. The molecule has 0 saturated heterocycles. The van der Waals surface area contributed by atoms with Gasteiger partial charge in [-0.3, -0.25) is 0 Å². The van der Waals surface area contributed by atoms with E-state index in [1.807, 2.05) is 18.2 Å². The number of hydrogen-bond donors (Lipinski definition) is 0. The normalized spacial score (nSPS) is 10.6. The number of nitrogens with zero attached hydrogens (tertiary/aromatic N) is 1. The smallest absolute Gasteiger partial charge is 0.313 e. The number of rotatable bonds is 3. The van der Waals surface area contributed by atoms with Crippen LogP contribution in [0.5, 0.6) is 0 Å². The lowest BCUT2D eigenvalue weighted by molar-refractivity contribution is 0.0519. The molecule has 17 heavy (non-hydrogen) atoms. The second kappa shape index (κ2) is 5.75. The lowest BCUT2D eigenvalue weighted by Crippen LogP contribution is -2.00. The van der Waals surface area contributed by atoms with Gasteiger partial charge in [-0.05, 0) is 40.2 Å². The first-order chi connectivity index (χ1) is 8.25. The van der Waals surface area contributed by atoms with Crippen LogP contribution in [0.4, 0.5) is 0 Å². The third-order valence-corrected chi connectivity index (χ3v) is 3.48. The van der Waals surface area contributed by atoms with Gasteiger partial charge < -0.3 is 4.84 Å². The van der Waals surface area contributed by atoms with Gasteiger partial charge in [-0.15, -0.1) is 11.3 Å². The van der Waals surface area contributed by atoms with E-state index in [-0.39, 0.29) is 0 Å². The molecule has 1 aromatic carbocycles. The number of benzene rings is 1. The highest BCUT2D eigenvalue weighted by Crippen LogP contribution is 2.20. The molecule has 0 amide bonds. The first kappa shape index (κ1) is 12.0. The summed E-state index contributed by atoms with van der Waals surface area (Å²) in [4.78, 5) is 17.2. The minimum absolute atomic E-state index is 0.461. The molecule has 0 spiro atoms. The quantitative estimate of drug-likeness (QED) is 0.492. The van der Waals surface area contributed by atoms with Crippen LogP contribution in [0, 0.1) is 0 Å². The zero-order valence-electron chi connectivity index (χ0n) is 8.67. The lowest BCUT2D eigenvalue weighted by Gasteiger charge is -1.95. The van der Waals surface area contributed by atoms with E-state index in [1.165, 1.54) is 17.6 Å². The largest absolute Gasteiger partial charge is 0.365 e. The van der Waals surface area contributed by atoms with Crippen molar-refractivity contribution in [3.8, 4) is 0 Å². The van der Waals surface area contributed by atoms with Gasteiger partial charge in [0.1, 0.15) is 0 Å². The molecule has 0 unspecified atom stereocenters. The molecule has 1 heterocycles. The summed E-state index contributed by atoms with van der Waals surface area (Å²) in [5.41, 5.74) is 0.483. The summed E-state index contributed by atoms with van der Waals surface area (Å²) in [5.74, 6) is -0.461. The van der Waals surface area contributed by atoms with Crippen molar-refractivity contribution in [1.82, 2.24) is 0 Å². The standard InChI is InChI=1S/C12H8BrNO2S/c13-11-7-6-10(17-11)8-14-16-12(15)9-4-2-1-3-5-9/h1-8H/b14-8-. The van der Waals surface area contributed by atoms with Crippen molar-refractivity contribution in [3.63, 3.8) is 0 Å². The SMILES string of the molecule is O=C(O/N=C\c1ccc(Br)s1)c1ccccc1. The Labute approximate surface area is 111 Å². The predicted molar refractivity (Wildman–Crippen MR) is 71.5 cm³/mol. The Bertz CT molecular complexity index is 536. The van der Waals surface area contributed by atoms with E-state index in [4.69, 9.17) is 4.84 Å². The molecule has 2 rings (SSSR count). The zero-order valence-corrected chi connectivity index (χ0v) is 11.1. The Morgan fingerprint density at radius 1 is 1.24 bits per heavy atom. The first-order valence-electron chi connectivity index (χ1n) is 4.81. The number of hydrogen-bond acceptors (Lipinski definition) is 4. The fourth-order valence-corrected chi connectivity index (χ4v) is 2.44. The average molecular weight is 310 g/mol. The van der Waals surface area contributed by atoms with Crippen LogP contribution in [0.25, 0.3) is 0 Å². The van der Waals surface area contributed by atoms with Gasteiger partial charge in [0.25, 0.3) is 0 Å². The highest BCUT2D eigenvalue weighted by atomic mass is 79.9. The molecule has 5 heteroatoms. The summed E-state index contributed by atoms with van der Waals surface area (Å²) in [5, 5.41) is 3.65. The maximum atomic E-state index is 11.5. The molecule has 3 nitrogen and oxygen atoms in total. The van der Waals surface area contributed by atoms with Gasteiger partial charge in [0, 0.05) is 4.88 Å². The third-order valence-electron chi connectivity index (χ3n) is 1.92. The van der Waals surface area contributed by atoms with E-state index in [0.717, 1.165) is 8.66 Å². The van der Waals surface area contributed by atoms with Crippen molar-refractivity contribution in [2.75, 3.05) is 0 Å². The minimum Gasteiger partial charge on any atom is -0.313 e. The summed E-state index contributed by atoms with van der Waals surface area (Å²) < 4.78 is 1.01. The molecule has 0 saturated carbocycles. The zero-order chi connectivity index (χ0) is 12.1. The number of oxime groups is 1. The first-order valence-corrected chi connectivity index (χ1v) is 6.42. The fraction of sp³-hybridized carbons (Fsp3) is 0. The molecular formula is C12H8BrNO2S. The Kier molecular flexibility index (Phi) is 4.06. The molecule has 0 bridgehead atoms. The highest BCUT2D eigenvalue weighted by Gasteiger charge is 2.04. The van der Waals surface area contributed by atoms with Crippen LogP contribution < -0.4 is 0 Å². The second-order valence-electron chi connectivity index (χ2n) is 3.12. The summed E-state index contributed by atoms with van der Waals surface area (Å²) in [6.07, 6.45) is 1.51. The van der Waals surface area contributed by atoms with E-state index < -0.39 is 5.97 Å². The van der Waals surface area contributed by atoms with E-state index in [0.29, 0.717) is 5.56 Å². The Hall–Kier alpha value is -1.46. The van der Waals surface area contributed by atoms with Crippen molar-refractivity contribution in [3.05, 3.63) is 56.7 Å². The molecule has 0 atom stereocenters. The Balaban J connectivity index is 1.95. The highest BCUT2D eigenvalue weighted by molar-refractivity contribution is 9.11. The van der Waals surface area contributed by atoms with Crippen LogP contribution >= 0.6 is 27.3 Å². The Morgan fingerprint density at radius 2 is 2.00 bits per heavy atom. The monoisotopic (exact) mass is 309 g/mol. The predicted octanol–water partition coefficient (Wildman–Crippen LogP) is 3.70.